The molecule has 9 nitrogen and oxygen atoms in total. The summed E-state index contributed by atoms with van der Waals surface area (Å²) in [4.78, 5) is 44.1. The van der Waals surface area contributed by atoms with Crippen LogP contribution in [0.1, 0.15) is 22.7 Å². The number of methoxy groups -OCH3 is 1. The van der Waals surface area contributed by atoms with Gasteiger partial charge < -0.3 is 19.9 Å². The Balaban J connectivity index is 1.41. The lowest BCUT2D eigenvalue weighted by Crippen LogP contribution is -2.73. The number of nitrogens with one attached hydrogen (secondary N) is 1. The molecular weight excluding hydrogens is 513 g/mol. The molecule has 2 heterocycles. The summed E-state index contributed by atoms with van der Waals surface area (Å²) in [7, 11) is 3.29. The summed E-state index contributed by atoms with van der Waals surface area (Å²) in [6, 6.07) is 21.5. The molecule has 0 bridgehead atoms. The van der Waals surface area contributed by atoms with Crippen LogP contribution in [0.5, 0.6) is 5.75 Å². The number of fused-ring (bicyclic) bond motifs is 1. The van der Waals surface area contributed by atoms with Gasteiger partial charge in [-0.1, -0.05) is 54.6 Å². The molecule has 0 aliphatic carbocycles. The predicted molar refractivity (Wildman–Crippen MR) is 146 cm³/mol. The van der Waals surface area contributed by atoms with Crippen LogP contribution in [-0.4, -0.2) is 77.6 Å². The highest BCUT2D eigenvalue weighted by molar-refractivity contribution is 5.92. The Hall–Kier alpha value is -4.44. The number of hydrogen-bond acceptors (Lipinski definition) is 5. The molecule has 4 amide bonds. The molecule has 10 heteroatoms. The molecule has 5 rings (SSSR count). The lowest BCUT2D eigenvalue weighted by molar-refractivity contribution is -0.187. The number of likely N-dealkylation sites (N-methyl/N-ethyl adjacent to an activating group) is 1. The molecule has 3 aromatic carbocycles. The summed E-state index contributed by atoms with van der Waals surface area (Å²) in [5, 5.41) is 6.08. The van der Waals surface area contributed by atoms with Gasteiger partial charge in [0.1, 0.15) is 23.8 Å². The number of hydrazine groups is 1. The largest absolute Gasteiger partial charge is 0.497 e. The number of rotatable bonds is 7. The third kappa shape index (κ3) is 5.62. The van der Waals surface area contributed by atoms with Gasteiger partial charge in [-0.2, -0.15) is 0 Å². The number of halogens is 1. The van der Waals surface area contributed by atoms with E-state index in [-0.39, 0.29) is 43.3 Å². The second-order valence-corrected chi connectivity index (χ2v) is 9.92. The molecule has 2 saturated heterocycles. The zero-order valence-electron chi connectivity index (χ0n) is 22.5. The number of urea groups is 1. The minimum absolute atomic E-state index is 0.0430. The molecule has 2 fully saturated rings. The molecule has 1 N–H and O–H groups in total. The van der Waals surface area contributed by atoms with Crippen molar-refractivity contribution in [2.24, 2.45) is 0 Å². The van der Waals surface area contributed by atoms with Gasteiger partial charge in [-0.05, 0) is 47.4 Å². The monoisotopic (exact) mass is 545 g/mol. The van der Waals surface area contributed by atoms with E-state index >= 15 is 0 Å². The van der Waals surface area contributed by atoms with Crippen molar-refractivity contribution >= 4 is 17.8 Å². The van der Waals surface area contributed by atoms with Crippen molar-refractivity contribution in [3.8, 4) is 5.75 Å². The van der Waals surface area contributed by atoms with E-state index in [1.54, 1.807) is 41.1 Å². The van der Waals surface area contributed by atoms with Gasteiger partial charge >= 0.3 is 6.03 Å². The number of carbonyl (C=O) groups excluding carboxylic acids is 3. The highest BCUT2D eigenvalue weighted by Gasteiger charge is 2.51. The van der Waals surface area contributed by atoms with Gasteiger partial charge in [-0.3, -0.25) is 9.59 Å². The fraction of sp³-hybridized carbons (Fsp3) is 0.300. The molecule has 0 spiro atoms. The van der Waals surface area contributed by atoms with Crippen molar-refractivity contribution in [2.75, 3.05) is 33.8 Å². The molecule has 2 aliphatic rings. The number of carbonyl (C=O) groups is 3. The van der Waals surface area contributed by atoms with Gasteiger partial charge in [0.25, 0.3) is 0 Å². The number of piperazine rings is 1. The Morgan fingerprint density at radius 2 is 1.65 bits per heavy atom. The second kappa shape index (κ2) is 11.7. The summed E-state index contributed by atoms with van der Waals surface area (Å²) < 4.78 is 18.6. The number of amides is 4. The van der Waals surface area contributed by atoms with E-state index in [1.807, 2.05) is 54.6 Å². The highest BCUT2D eigenvalue weighted by atomic mass is 19.1. The van der Waals surface area contributed by atoms with Gasteiger partial charge in [-0.25, -0.2) is 19.2 Å². The molecule has 40 heavy (non-hydrogen) atoms. The summed E-state index contributed by atoms with van der Waals surface area (Å²) in [5.74, 6) is -0.0367. The van der Waals surface area contributed by atoms with Crippen LogP contribution >= 0.6 is 0 Å². The Kier molecular flexibility index (Phi) is 7.97. The number of benzene rings is 3. The van der Waals surface area contributed by atoms with Crippen molar-refractivity contribution in [1.29, 1.82) is 0 Å². The lowest BCUT2D eigenvalue weighted by atomic mass is 9.98. The van der Waals surface area contributed by atoms with E-state index in [2.05, 4.69) is 5.32 Å². The predicted octanol–water partition coefficient (Wildman–Crippen LogP) is 3.19. The van der Waals surface area contributed by atoms with Crippen LogP contribution in [0.25, 0.3) is 0 Å². The SMILES string of the molecule is COc1ccc(CNC(=O)N2[C@H]3CN(CCc4ccc(F)cc4)C(=O)[C@H](c4ccccc4)N3C(=O)CN2C)cc1. The minimum Gasteiger partial charge on any atom is -0.497 e. The minimum atomic E-state index is -0.869. The standard InChI is InChI=1S/C30H32FN5O4/c1-33-20-27(37)35-26(36(33)30(39)32-18-22-10-14-25(40-2)15-11-22)19-34(17-16-21-8-12-24(31)13-9-21)29(38)28(35)23-6-4-3-5-7-23/h3-15,26,28H,16-20H2,1-2H3,(H,32,39)/t26-,28-/m0/s1. The van der Waals surface area contributed by atoms with Crippen LogP contribution in [0.15, 0.2) is 78.9 Å². The topological polar surface area (TPSA) is 85.4 Å². The smallest absolute Gasteiger partial charge is 0.334 e. The van der Waals surface area contributed by atoms with Crippen LogP contribution in [0, 0.1) is 5.82 Å². The Bertz CT molecular complexity index is 1350. The number of ether oxygens (including phenoxy) is 1. The summed E-state index contributed by atoms with van der Waals surface area (Å²) in [5.41, 5.74) is 2.46. The van der Waals surface area contributed by atoms with Crippen LogP contribution in [0.2, 0.25) is 0 Å². The number of nitrogens with zero attached hydrogens (tertiary/aromatic N) is 4. The maximum atomic E-state index is 13.9. The number of hydrogen-bond donors (Lipinski definition) is 1. The first-order valence-corrected chi connectivity index (χ1v) is 13.2. The average Bonchev–Trinajstić information content (AvgIpc) is 2.97. The van der Waals surface area contributed by atoms with E-state index in [9.17, 15) is 18.8 Å². The molecule has 2 aliphatic heterocycles. The first-order chi connectivity index (χ1) is 19.4. The van der Waals surface area contributed by atoms with Crippen molar-refractivity contribution in [3.05, 3.63) is 101 Å². The van der Waals surface area contributed by atoms with Crippen LogP contribution in [0.3, 0.4) is 0 Å². The van der Waals surface area contributed by atoms with E-state index in [1.165, 1.54) is 17.1 Å². The molecule has 3 aromatic rings. The Morgan fingerprint density at radius 3 is 2.33 bits per heavy atom. The van der Waals surface area contributed by atoms with Crippen molar-refractivity contribution in [1.82, 2.24) is 25.1 Å². The van der Waals surface area contributed by atoms with Gasteiger partial charge in [0.15, 0.2) is 0 Å². The van der Waals surface area contributed by atoms with E-state index in [4.69, 9.17) is 4.74 Å². The summed E-state index contributed by atoms with van der Waals surface area (Å²) >= 11 is 0. The molecular formula is C30H32FN5O4. The highest BCUT2D eigenvalue weighted by Crippen LogP contribution is 2.34. The van der Waals surface area contributed by atoms with Crippen molar-refractivity contribution in [2.45, 2.75) is 25.2 Å². The summed E-state index contributed by atoms with van der Waals surface area (Å²) in [6.45, 7) is 0.745. The Labute approximate surface area is 232 Å². The molecule has 208 valence electrons. The first-order valence-electron chi connectivity index (χ1n) is 13.2. The normalized spacial score (nSPS) is 19.4. The first kappa shape index (κ1) is 27.1. The second-order valence-electron chi connectivity index (χ2n) is 9.92. The molecule has 0 unspecified atom stereocenters. The molecule has 0 aromatic heterocycles. The zero-order valence-corrected chi connectivity index (χ0v) is 22.5. The maximum Gasteiger partial charge on any atom is 0.334 e. The molecule has 2 atom stereocenters. The molecule has 0 saturated carbocycles. The van der Waals surface area contributed by atoms with Crippen molar-refractivity contribution < 1.29 is 23.5 Å². The average molecular weight is 546 g/mol. The quantitative estimate of drug-likeness (QED) is 0.493. The van der Waals surface area contributed by atoms with Crippen LogP contribution in [-0.2, 0) is 22.6 Å². The van der Waals surface area contributed by atoms with E-state index in [0.717, 1.165) is 16.9 Å². The zero-order chi connectivity index (χ0) is 28.2. The van der Waals surface area contributed by atoms with E-state index in [0.29, 0.717) is 18.5 Å². The summed E-state index contributed by atoms with van der Waals surface area (Å²) in [6.07, 6.45) is -0.202. The van der Waals surface area contributed by atoms with Gasteiger partial charge in [0.05, 0.1) is 20.2 Å². The lowest BCUT2D eigenvalue weighted by Gasteiger charge is -2.54. The Morgan fingerprint density at radius 1 is 0.975 bits per heavy atom. The van der Waals surface area contributed by atoms with Gasteiger partial charge in [0, 0.05) is 20.1 Å². The van der Waals surface area contributed by atoms with E-state index < -0.39 is 12.2 Å². The van der Waals surface area contributed by atoms with Crippen LogP contribution < -0.4 is 10.1 Å². The third-order valence-electron chi connectivity index (χ3n) is 7.34. The van der Waals surface area contributed by atoms with Gasteiger partial charge in [0.2, 0.25) is 11.8 Å². The van der Waals surface area contributed by atoms with Crippen LogP contribution in [0.4, 0.5) is 9.18 Å². The maximum absolute atomic E-state index is 13.9. The molecule has 0 radical (unpaired) electrons. The fourth-order valence-corrected chi connectivity index (χ4v) is 5.27. The fourth-order valence-electron chi connectivity index (χ4n) is 5.27. The van der Waals surface area contributed by atoms with Gasteiger partial charge in [-0.15, -0.1) is 0 Å². The van der Waals surface area contributed by atoms with Crippen molar-refractivity contribution in [3.63, 3.8) is 0 Å². The third-order valence-corrected chi connectivity index (χ3v) is 7.34.